The SMILES string of the molecule is CNC(=O)c1ccc(Sc2nc3ccccc3n2C(F)F)c([N+](=O)[O-])c1. The molecule has 3 rings (SSSR count). The molecule has 7 nitrogen and oxygen atoms in total. The summed E-state index contributed by atoms with van der Waals surface area (Å²) in [5, 5.41) is 13.7. The van der Waals surface area contributed by atoms with Crippen LogP contribution in [0, 0.1) is 10.1 Å². The molecule has 1 heterocycles. The van der Waals surface area contributed by atoms with Gasteiger partial charge in [0.1, 0.15) is 0 Å². The van der Waals surface area contributed by atoms with E-state index in [2.05, 4.69) is 10.3 Å². The predicted octanol–water partition coefficient (Wildman–Crippen LogP) is 3.85. The van der Waals surface area contributed by atoms with Gasteiger partial charge in [0.25, 0.3) is 11.6 Å². The first-order valence-corrected chi connectivity index (χ1v) is 8.17. The van der Waals surface area contributed by atoms with Crippen molar-refractivity contribution in [3.63, 3.8) is 0 Å². The van der Waals surface area contributed by atoms with Gasteiger partial charge in [0.05, 0.1) is 20.9 Å². The first-order valence-electron chi connectivity index (χ1n) is 7.36. The van der Waals surface area contributed by atoms with Crippen LogP contribution in [0.3, 0.4) is 0 Å². The van der Waals surface area contributed by atoms with Crippen LogP contribution in [0.2, 0.25) is 0 Å². The lowest BCUT2D eigenvalue weighted by Gasteiger charge is -2.08. The van der Waals surface area contributed by atoms with E-state index in [0.29, 0.717) is 5.52 Å². The van der Waals surface area contributed by atoms with E-state index in [1.54, 1.807) is 18.2 Å². The summed E-state index contributed by atoms with van der Waals surface area (Å²) >= 11 is 0.750. The average molecular weight is 378 g/mol. The molecule has 3 aromatic rings. The minimum atomic E-state index is -2.85. The zero-order valence-corrected chi connectivity index (χ0v) is 14.2. The van der Waals surface area contributed by atoms with E-state index >= 15 is 0 Å². The van der Waals surface area contributed by atoms with E-state index in [1.165, 1.54) is 25.2 Å². The quantitative estimate of drug-likeness (QED) is 0.538. The van der Waals surface area contributed by atoms with E-state index in [-0.39, 0.29) is 26.8 Å². The number of halogens is 2. The number of carbonyl (C=O) groups excluding carboxylic acids is 1. The third-order valence-electron chi connectivity index (χ3n) is 3.60. The number of imidazole rings is 1. The number of nitro groups is 1. The van der Waals surface area contributed by atoms with Crippen molar-refractivity contribution in [2.75, 3.05) is 7.05 Å². The van der Waals surface area contributed by atoms with Crippen molar-refractivity contribution >= 4 is 34.4 Å². The fourth-order valence-electron chi connectivity index (χ4n) is 2.41. The van der Waals surface area contributed by atoms with E-state index in [1.807, 2.05) is 0 Å². The van der Waals surface area contributed by atoms with Crippen molar-refractivity contribution in [1.29, 1.82) is 0 Å². The smallest absolute Gasteiger partial charge is 0.321 e. The number of para-hydroxylation sites is 2. The van der Waals surface area contributed by atoms with Crippen LogP contribution in [-0.2, 0) is 0 Å². The van der Waals surface area contributed by atoms with Crippen molar-refractivity contribution < 1.29 is 18.5 Å². The van der Waals surface area contributed by atoms with Crippen LogP contribution in [-0.4, -0.2) is 27.4 Å². The monoisotopic (exact) mass is 378 g/mol. The van der Waals surface area contributed by atoms with E-state index in [0.717, 1.165) is 22.4 Å². The standard InChI is InChI=1S/C16H12F2N4O3S/c1-19-14(23)9-6-7-13(12(8-9)22(24)25)26-16-20-10-4-2-3-5-11(10)21(16)15(17)18/h2-8,15H,1H3,(H,19,23). The summed E-state index contributed by atoms with van der Waals surface area (Å²) in [5.74, 6) is -0.482. The second-order valence-electron chi connectivity index (χ2n) is 5.15. The maximum atomic E-state index is 13.5. The lowest BCUT2D eigenvalue weighted by Crippen LogP contribution is -2.17. The van der Waals surface area contributed by atoms with Gasteiger partial charge >= 0.3 is 6.55 Å². The van der Waals surface area contributed by atoms with Crippen LogP contribution in [0.4, 0.5) is 14.5 Å². The summed E-state index contributed by atoms with van der Waals surface area (Å²) < 4.78 is 27.7. The van der Waals surface area contributed by atoms with Gasteiger partial charge in [-0.15, -0.1) is 0 Å². The van der Waals surface area contributed by atoms with Gasteiger partial charge < -0.3 is 5.32 Å². The number of fused-ring (bicyclic) bond motifs is 1. The molecule has 0 fully saturated rings. The summed E-state index contributed by atoms with van der Waals surface area (Å²) in [4.78, 5) is 26.6. The number of hydrogen-bond acceptors (Lipinski definition) is 5. The third kappa shape index (κ3) is 3.23. The second-order valence-corrected chi connectivity index (χ2v) is 6.16. The molecule has 0 atom stereocenters. The van der Waals surface area contributed by atoms with Gasteiger partial charge in [0.15, 0.2) is 5.16 Å². The predicted molar refractivity (Wildman–Crippen MR) is 91.6 cm³/mol. The highest BCUT2D eigenvalue weighted by atomic mass is 32.2. The number of amides is 1. The van der Waals surface area contributed by atoms with Crippen molar-refractivity contribution in [1.82, 2.24) is 14.9 Å². The Hall–Kier alpha value is -3.01. The molecule has 1 amide bonds. The molecule has 0 aliphatic rings. The van der Waals surface area contributed by atoms with E-state index in [4.69, 9.17) is 0 Å². The minimum absolute atomic E-state index is 0.0722. The molecule has 0 saturated carbocycles. The van der Waals surface area contributed by atoms with Crippen LogP contribution in [0.1, 0.15) is 16.9 Å². The fraction of sp³-hybridized carbons (Fsp3) is 0.125. The van der Waals surface area contributed by atoms with Crippen LogP contribution in [0.5, 0.6) is 0 Å². The zero-order chi connectivity index (χ0) is 18.8. The maximum Gasteiger partial charge on any atom is 0.321 e. The Morgan fingerprint density at radius 1 is 1.31 bits per heavy atom. The molecule has 0 saturated heterocycles. The molecule has 1 aromatic heterocycles. The number of benzene rings is 2. The summed E-state index contributed by atoms with van der Waals surface area (Å²) in [6, 6.07) is 10.2. The van der Waals surface area contributed by atoms with Crippen LogP contribution in [0.15, 0.2) is 52.5 Å². The molecule has 0 aliphatic heterocycles. The Labute approximate surface area is 150 Å². The van der Waals surface area contributed by atoms with Gasteiger partial charge in [0.2, 0.25) is 0 Å². The number of nitrogens with one attached hydrogen (secondary N) is 1. The second kappa shape index (κ2) is 7.08. The number of nitrogens with zero attached hydrogens (tertiary/aromatic N) is 3. The number of aromatic nitrogens is 2. The van der Waals surface area contributed by atoms with Crippen LogP contribution in [0.25, 0.3) is 11.0 Å². The summed E-state index contributed by atoms with van der Waals surface area (Å²) in [6.07, 6.45) is 0. The van der Waals surface area contributed by atoms with E-state index in [9.17, 15) is 23.7 Å². The van der Waals surface area contributed by atoms with Gasteiger partial charge in [-0.25, -0.2) is 4.98 Å². The number of hydrogen-bond donors (Lipinski definition) is 1. The summed E-state index contributed by atoms with van der Waals surface area (Å²) in [7, 11) is 1.40. The Balaban J connectivity index is 2.09. The molecule has 10 heteroatoms. The molecule has 0 spiro atoms. The van der Waals surface area contributed by atoms with Gasteiger partial charge in [0, 0.05) is 18.7 Å². The number of carbonyl (C=O) groups is 1. The molecular weight excluding hydrogens is 366 g/mol. The van der Waals surface area contributed by atoms with Crippen LogP contribution < -0.4 is 5.32 Å². The highest BCUT2D eigenvalue weighted by Gasteiger charge is 2.23. The molecule has 2 aromatic carbocycles. The largest absolute Gasteiger partial charge is 0.355 e. The average Bonchev–Trinajstić information content (AvgIpc) is 2.99. The molecule has 0 aliphatic carbocycles. The molecular formula is C16H12F2N4O3S. The van der Waals surface area contributed by atoms with Crippen molar-refractivity contribution in [2.24, 2.45) is 0 Å². The van der Waals surface area contributed by atoms with Gasteiger partial charge in [-0.1, -0.05) is 12.1 Å². The number of alkyl halides is 2. The molecule has 0 radical (unpaired) electrons. The van der Waals surface area contributed by atoms with E-state index < -0.39 is 17.4 Å². The fourth-order valence-corrected chi connectivity index (χ4v) is 3.40. The van der Waals surface area contributed by atoms with Gasteiger partial charge in [-0.3, -0.25) is 19.5 Å². The molecule has 134 valence electrons. The van der Waals surface area contributed by atoms with Crippen molar-refractivity contribution in [3.8, 4) is 0 Å². The highest BCUT2D eigenvalue weighted by Crippen LogP contribution is 2.38. The van der Waals surface area contributed by atoms with Gasteiger partial charge in [-0.05, 0) is 36.0 Å². The van der Waals surface area contributed by atoms with Crippen molar-refractivity contribution in [3.05, 3.63) is 58.1 Å². The Kier molecular flexibility index (Phi) is 4.85. The Bertz CT molecular complexity index is 1010. The maximum absolute atomic E-state index is 13.5. The molecule has 0 bridgehead atoms. The zero-order valence-electron chi connectivity index (χ0n) is 13.3. The lowest BCUT2D eigenvalue weighted by molar-refractivity contribution is -0.387. The summed E-state index contributed by atoms with van der Waals surface area (Å²) in [6.45, 7) is -2.85. The summed E-state index contributed by atoms with van der Waals surface area (Å²) in [5.41, 5.74) is 0.337. The van der Waals surface area contributed by atoms with Crippen molar-refractivity contribution in [2.45, 2.75) is 16.6 Å². The molecule has 0 unspecified atom stereocenters. The Morgan fingerprint density at radius 2 is 2.04 bits per heavy atom. The number of nitro benzene ring substituents is 1. The van der Waals surface area contributed by atoms with Gasteiger partial charge in [-0.2, -0.15) is 8.78 Å². The topological polar surface area (TPSA) is 90.1 Å². The Morgan fingerprint density at radius 3 is 2.69 bits per heavy atom. The van der Waals surface area contributed by atoms with Crippen LogP contribution >= 0.6 is 11.8 Å². The highest BCUT2D eigenvalue weighted by molar-refractivity contribution is 7.99. The first-order chi connectivity index (χ1) is 12.4. The first kappa shape index (κ1) is 17.8. The lowest BCUT2D eigenvalue weighted by atomic mass is 10.2. The minimum Gasteiger partial charge on any atom is -0.355 e. The number of rotatable bonds is 5. The third-order valence-corrected chi connectivity index (χ3v) is 4.64. The molecule has 1 N–H and O–H groups in total. The molecule has 26 heavy (non-hydrogen) atoms. The normalized spacial score (nSPS) is 11.1.